The third-order valence-corrected chi connectivity index (χ3v) is 5.70. The van der Waals surface area contributed by atoms with E-state index in [4.69, 9.17) is 5.11 Å². The van der Waals surface area contributed by atoms with Gasteiger partial charge in [0.1, 0.15) is 0 Å². The lowest BCUT2D eigenvalue weighted by Crippen LogP contribution is -2.57. The number of hydrogen-bond acceptors (Lipinski definition) is 4. The Kier molecular flexibility index (Phi) is 6.04. The zero-order valence-corrected chi connectivity index (χ0v) is 16.3. The zero-order chi connectivity index (χ0) is 20.6. The predicted octanol–water partition coefficient (Wildman–Crippen LogP) is 2.80. The van der Waals surface area contributed by atoms with Gasteiger partial charge in [-0.2, -0.15) is 13.2 Å². The number of amides is 2. The molecule has 1 saturated heterocycles. The van der Waals surface area contributed by atoms with Crippen LogP contribution < -0.4 is 0 Å². The standard InChI is InChI=1S/C18H29F3N2O4/c1-16(2,3)14(25)22(4)12-9-17(10-12)5-7-23(8-6-17)15(26)27-13(11-24)18(19,20)21/h12-13,24H,5-11H2,1-4H3/t13-/m1/s1. The highest BCUT2D eigenvalue weighted by molar-refractivity contribution is 5.81. The molecule has 1 heterocycles. The molecular formula is C18H29F3N2O4. The van der Waals surface area contributed by atoms with E-state index in [0.29, 0.717) is 25.9 Å². The number of alkyl halides is 3. The molecule has 2 amide bonds. The minimum Gasteiger partial charge on any atom is -0.434 e. The van der Waals surface area contributed by atoms with E-state index in [-0.39, 0.29) is 17.4 Å². The Hall–Kier alpha value is -1.51. The molecule has 1 aliphatic carbocycles. The normalized spacial score (nSPS) is 21.6. The average Bonchev–Trinajstić information content (AvgIpc) is 2.54. The second-order valence-electron chi connectivity index (χ2n) is 8.81. The van der Waals surface area contributed by atoms with Gasteiger partial charge in [0.2, 0.25) is 12.0 Å². The molecule has 6 nitrogen and oxygen atoms in total. The number of aliphatic hydroxyl groups excluding tert-OH is 1. The van der Waals surface area contributed by atoms with Crippen LogP contribution in [0, 0.1) is 10.8 Å². The number of hydrogen-bond donors (Lipinski definition) is 1. The minimum absolute atomic E-state index is 0.0360. The molecule has 1 N–H and O–H groups in total. The van der Waals surface area contributed by atoms with Crippen LogP contribution in [0.2, 0.25) is 0 Å². The molecule has 9 heteroatoms. The topological polar surface area (TPSA) is 70.1 Å². The molecule has 1 atom stereocenters. The first-order valence-electron chi connectivity index (χ1n) is 9.19. The highest BCUT2D eigenvalue weighted by Crippen LogP contribution is 2.51. The van der Waals surface area contributed by atoms with Gasteiger partial charge in [-0.25, -0.2) is 4.79 Å². The summed E-state index contributed by atoms with van der Waals surface area (Å²) < 4.78 is 42.3. The number of rotatable bonds is 3. The first kappa shape index (κ1) is 21.8. The van der Waals surface area contributed by atoms with E-state index in [1.165, 1.54) is 4.90 Å². The van der Waals surface area contributed by atoms with Crippen LogP contribution in [0.3, 0.4) is 0 Å². The van der Waals surface area contributed by atoms with Crippen LogP contribution >= 0.6 is 0 Å². The summed E-state index contributed by atoms with van der Waals surface area (Å²) >= 11 is 0. The Bertz CT molecular complexity index is 558. The molecule has 0 aromatic carbocycles. The Morgan fingerprint density at radius 2 is 1.74 bits per heavy atom. The fourth-order valence-electron chi connectivity index (χ4n) is 3.88. The number of aliphatic hydroxyl groups is 1. The molecule has 1 saturated carbocycles. The molecule has 2 rings (SSSR count). The van der Waals surface area contributed by atoms with Gasteiger partial charge in [-0.15, -0.1) is 0 Å². The van der Waals surface area contributed by atoms with Crippen molar-refractivity contribution in [3.05, 3.63) is 0 Å². The van der Waals surface area contributed by atoms with Gasteiger partial charge < -0.3 is 19.6 Å². The molecule has 1 spiro atoms. The quantitative estimate of drug-likeness (QED) is 0.799. The van der Waals surface area contributed by atoms with E-state index in [1.807, 2.05) is 27.8 Å². The maximum absolute atomic E-state index is 12.6. The highest BCUT2D eigenvalue weighted by Gasteiger charge is 2.50. The van der Waals surface area contributed by atoms with Gasteiger partial charge in [0, 0.05) is 31.6 Å². The molecule has 2 fully saturated rings. The molecule has 0 aromatic rings. The molecule has 1 aliphatic heterocycles. The lowest BCUT2D eigenvalue weighted by molar-refractivity contribution is -0.215. The van der Waals surface area contributed by atoms with Crippen molar-refractivity contribution in [2.24, 2.45) is 10.8 Å². The van der Waals surface area contributed by atoms with Crippen LogP contribution in [0.15, 0.2) is 0 Å². The maximum atomic E-state index is 12.6. The third kappa shape index (κ3) is 4.86. The van der Waals surface area contributed by atoms with E-state index < -0.39 is 30.4 Å². The van der Waals surface area contributed by atoms with Crippen molar-refractivity contribution in [2.75, 3.05) is 26.7 Å². The number of carbonyl (C=O) groups excluding carboxylic acids is 2. The van der Waals surface area contributed by atoms with Crippen LogP contribution in [0.1, 0.15) is 46.5 Å². The number of piperidine rings is 1. The van der Waals surface area contributed by atoms with E-state index >= 15 is 0 Å². The second kappa shape index (κ2) is 7.48. The Morgan fingerprint density at radius 1 is 1.22 bits per heavy atom. The molecule has 0 bridgehead atoms. The van der Waals surface area contributed by atoms with Crippen molar-refractivity contribution in [1.82, 2.24) is 9.80 Å². The van der Waals surface area contributed by atoms with Gasteiger partial charge in [-0.1, -0.05) is 20.8 Å². The summed E-state index contributed by atoms with van der Waals surface area (Å²) in [6.07, 6.45) is -5.29. The van der Waals surface area contributed by atoms with Crippen molar-refractivity contribution in [3.8, 4) is 0 Å². The van der Waals surface area contributed by atoms with Crippen molar-refractivity contribution in [3.63, 3.8) is 0 Å². The van der Waals surface area contributed by atoms with Crippen LogP contribution in [-0.4, -0.2) is 72.0 Å². The van der Waals surface area contributed by atoms with Gasteiger partial charge in [-0.05, 0) is 31.1 Å². The molecular weight excluding hydrogens is 365 g/mol. The molecule has 0 unspecified atom stereocenters. The van der Waals surface area contributed by atoms with Gasteiger partial charge in [0.05, 0.1) is 6.61 Å². The van der Waals surface area contributed by atoms with Crippen LogP contribution in [0.5, 0.6) is 0 Å². The summed E-state index contributed by atoms with van der Waals surface area (Å²) in [5.41, 5.74) is -0.402. The third-order valence-electron chi connectivity index (χ3n) is 5.70. The number of likely N-dealkylation sites (tertiary alicyclic amines) is 1. The lowest BCUT2D eigenvalue weighted by atomic mass is 9.60. The fourth-order valence-corrected chi connectivity index (χ4v) is 3.88. The van der Waals surface area contributed by atoms with Gasteiger partial charge >= 0.3 is 12.3 Å². The van der Waals surface area contributed by atoms with Crippen LogP contribution in [0.25, 0.3) is 0 Å². The molecule has 0 aromatic heterocycles. The lowest BCUT2D eigenvalue weighted by Gasteiger charge is -2.55. The molecule has 156 valence electrons. The summed E-state index contributed by atoms with van der Waals surface area (Å²) in [5, 5.41) is 8.77. The summed E-state index contributed by atoms with van der Waals surface area (Å²) in [7, 11) is 1.81. The van der Waals surface area contributed by atoms with Crippen molar-refractivity contribution >= 4 is 12.0 Å². The summed E-state index contributed by atoms with van der Waals surface area (Å²) in [6, 6.07) is 0.166. The zero-order valence-electron chi connectivity index (χ0n) is 16.3. The average molecular weight is 394 g/mol. The number of carbonyl (C=O) groups is 2. The molecule has 27 heavy (non-hydrogen) atoms. The number of nitrogens with zero attached hydrogens (tertiary/aromatic N) is 2. The Labute approximate surface area is 157 Å². The van der Waals surface area contributed by atoms with Crippen molar-refractivity contribution in [2.45, 2.75) is 64.8 Å². The first-order chi connectivity index (χ1) is 12.3. The monoisotopic (exact) mass is 394 g/mol. The smallest absolute Gasteiger partial charge is 0.427 e. The van der Waals surface area contributed by atoms with E-state index in [1.54, 1.807) is 4.90 Å². The SMILES string of the molecule is CN(C(=O)C(C)(C)C)C1CC2(CCN(C(=O)O[C@H](CO)C(F)(F)F)CC2)C1. The van der Waals surface area contributed by atoms with E-state index in [9.17, 15) is 22.8 Å². The van der Waals surface area contributed by atoms with Gasteiger partial charge in [-0.3, -0.25) is 4.79 Å². The van der Waals surface area contributed by atoms with E-state index in [2.05, 4.69) is 4.74 Å². The maximum Gasteiger partial charge on any atom is 0.427 e. The number of halogens is 3. The molecule has 0 radical (unpaired) electrons. The largest absolute Gasteiger partial charge is 0.434 e. The Morgan fingerprint density at radius 3 is 2.15 bits per heavy atom. The highest BCUT2D eigenvalue weighted by atomic mass is 19.4. The van der Waals surface area contributed by atoms with Gasteiger partial charge in [0.25, 0.3) is 0 Å². The van der Waals surface area contributed by atoms with E-state index in [0.717, 1.165) is 12.8 Å². The summed E-state index contributed by atoms with van der Waals surface area (Å²) in [4.78, 5) is 27.4. The van der Waals surface area contributed by atoms with Crippen LogP contribution in [-0.2, 0) is 9.53 Å². The second-order valence-corrected chi connectivity index (χ2v) is 8.81. The van der Waals surface area contributed by atoms with Crippen LogP contribution in [0.4, 0.5) is 18.0 Å². The van der Waals surface area contributed by atoms with Crippen molar-refractivity contribution in [1.29, 1.82) is 0 Å². The Balaban J connectivity index is 1.83. The first-order valence-corrected chi connectivity index (χ1v) is 9.19. The summed E-state index contributed by atoms with van der Waals surface area (Å²) in [6.45, 7) is 4.99. The van der Waals surface area contributed by atoms with Gasteiger partial charge in [0.15, 0.2) is 0 Å². The predicted molar refractivity (Wildman–Crippen MR) is 91.9 cm³/mol. The fraction of sp³-hybridized carbons (Fsp3) is 0.889. The minimum atomic E-state index is -4.78. The summed E-state index contributed by atoms with van der Waals surface area (Å²) in [5.74, 6) is 0.0885. The number of ether oxygens (including phenoxy) is 1. The molecule has 2 aliphatic rings. The van der Waals surface area contributed by atoms with Crippen molar-refractivity contribution < 1.29 is 32.6 Å².